The van der Waals surface area contributed by atoms with E-state index in [1.807, 2.05) is 0 Å². The molecule has 0 spiro atoms. The lowest BCUT2D eigenvalue weighted by Gasteiger charge is -2.24. The summed E-state index contributed by atoms with van der Waals surface area (Å²) >= 11 is 0. The minimum atomic E-state index is -1.29. The number of carboxylic acid groups (broad SMARTS) is 1. The van der Waals surface area contributed by atoms with Crippen LogP contribution in [0.5, 0.6) is 11.5 Å². The zero-order chi connectivity index (χ0) is 15.2. The van der Waals surface area contributed by atoms with E-state index < -0.39 is 17.4 Å². The number of carbonyl (C=O) groups excluding carboxylic acids is 1. The van der Waals surface area contributed by atoms with Crippen molar-refractivity contribution in [2.24, 2.45) is 0 Å². The van der Waals surface area contributed by atoms with Crippen molar-refractivity contribution in [1.82, 2.24) is 5.32 Å². The van der Waals surface area contributed by atoms with E-state index in [0.717, 1.165) is 0 Å². The Morgan fingerprint density at radius 1 is 1.30 bits per heavy atom. The van der Waals surface area contributed by atoms with Crippen LogP contribution in [0.2, 0.25) is 0 Å². The third kappa shape index (κ3) is 3.88. The van der Waals surface area contributed by atoms with E-state index in [0.29, 0.717) is 11.5 Å². The lowest BCUT2D eigenvalue weighted by molar-refractivity contribution is -0.147. The summed E-state index contributed by atoms with van der Waals surface area (Å²) in [7, 11) is 1.50. The number of hydrogen-bond acceptors (Lipinski definition) is 4. The molecule has 0 aliphatic heterocycles. The second-order valence-corrected chi connectivity index (χ2v) is 4.48. The molecule has 6 nitrogen and oxygen atoms in total. The maximum atomic E-state index is 11.8. The molecule has 0 saturated heterocycles. The Kier molecular flexibility index (Phi) is 5.37. The molecule has 1 aromatic rings. The van der Waals surface area contributed by atoms with Crippen LogP contribution in [0.4, 0.5) is 0 Å². The van der Waals surface area contributed by atoms with Crippen LogP contribution in [-0.4, -0.2) is 36.2 Å². The molecular weight excluding hydrogens is 262 g/mol. The number of rotatable bonds is 7. The molecule has 0 radical (unpaired) electrons. The third-order valence-corrected chi connectivity index (χ3v) is 3.02. The molecule has 6 heteroatoms. The van der Waals surface area contributed by atoms with Gasteiger partial charge in [0.25, 0.3) is 5.91 Å². The van der Waals surface area contributed by atoms with Gasteiger partial charge < -0.3 is 19.9 Å². The molecule has 20 heavy (non-hydrogen) atoms. The highest BCUT2D eigenvalue weighted by Gasteiger charge is 2.32. The van der Waals surface area contributed by atoms with Gasteiger partial charge in [-0.1, -0.05) is 19.1 Å². The normalized spacial score (nSPS) is 13.2. The summed E-state index contributed by atoms with van der Waals surface area (Å²) < 4.78 is 10.4. The summed E-state index contributed by atoms with van der Waals surface area (Å²) in [5, 5.41) is 11.5. The van der Waals surface area contributed by atoms with Gasteiger partial charge >= 0.3 is 5.97 Å². The van der Waals surface area contributed by atoms with Crippen LogP contribution >= 0.6 is 0 Å². The number of carboxylic acids is 1. The first-order valence-electron chi connectivity index (χ1n) is 6.23. The molecule has 0 aromatic heterocycles. The fourth-order valence-electron chi connectivity index (χ4n) is 1.52. The van der Waals surface area contributed by atoms with Gasteiger partial charge in [-0.2, -0.15) is 0 Å². The van der Waals surface area contributed by atoms with Crippen molar-refractivity contribution in [3.63, 3.8) is 0 Å². The van der Waals surface area contributed by atoms with Gasteiger partial charge in [-0.3, -0.25) is 4.79 Å². The van der Waals surface area contributed by atoms with Crippen molar-refractivity contribution >= 4 is 11.9 Å². The van der Waals surface area contributed by atoms with Crippen LogP contribution in [-0.2, 0) is 9.59 Å². The lowest BCUT2D eigenvalue weighted by atomic mass is 9.99. The van der Waals surface area contributed by atoms with Crippen LogP contribution in [0.1, 0.15) is 20.3 Å². The SMILES string of the molecule is CCC(C)(NC(=O)COc1ccccc1OC)C(=O)O. The minimum Gasteiger partial charge on any atom is -0.493 e. The van der Waals surface area contributed by atoms with E-state index in [9.17, 15) is 9.59 Å². The summed E-state index contributed by atoms with van der Waals surface area (Å²) in [4.78, 5) is 22.8. The summed E-state index contributed by atoms with van der Waals surface area (Å²) in [6.45, 7) is 2.87. The first-order chi connectivity index (χ1) is 9.42. The second kappa shape index (κ2) is 6.79. The van der Waals surface area contributed by atoms with E-state index in [2.05, 4.69) is 5.32 Å². The van der Waals surface area contributed by atoms with Crippen LogP contribution in [0.15, 0.2) is 24.3 Å². The number of benzene rings is 1. The minimum absolute atomic E-state index is 0.275. The van der Waals surface area contributed by atoms with E-state index >= 15 is 0 Å². The van der Waals surface area contributed by atoms with E-state index in [4.69, 9.17) is 14.6 Å². The zero-order valence-corrected chi connectivity index (χ0v) is 11.8. The van der Waals surface area contributed by atoms with Gasteiger partial charge in [-0.05, 0) is 25.5 Å². The number of carbonyl (C=O) groups is 2. The van der Waals surface area contributed by atoms with Gasteiger partial charge in [-0.25, -0.2) is 4.79 Å². The van der Waals surface area contributed by atoms with Crippen molar-refractivity contribution in [3.05, 3.63) is 24.3 Å². The Hall–Kier alpha value is -2.24. The fraction of sp³-hybridized carbons (Fsp3) is 0.429. The second-order valence-electron chi connectivity index (χ2n) is 4.48. The van der Waals surface area contributed by atoms with Crippen molar-refractivity contribution in [2.75, 3.05) is 13.7 Å². The van der Waals surface area contributed by atoms with E-state index in [1.54, 1.807) is 31.2 Å². The number of amides is 1. The molecule has 0 aliphatic rings. The monoisotopic (exact) mass is 281 g/mol. The van der Waals surface area contributed by atoms with Crippen molar-refractivity contribution in [2.45, 2.75) is 25.8 Å². The molecule has 1 unspecified atom stereocenters. The predicted octanol–water partition coefficient (Wildman–Crippen LogP) is 1.44. The topological polar surface area (TPSA) is 84.9 Å². The van der Waals surface area contributed by atoms with Crippen molar-refractivity contribution in [1.29, 1.82) is 0 Å². The van der Waals surface area contributed by atoms with Crippen LogP contribution in [0, 0.1) is 0 Å². The van der Waals surface area contributed by atoms with E-state index in [-0.39, 0.29) is 13.0 Å². The number of para-hydroxylation sites is 2. The lowest BCUT2D eigenvalue weighted by Crippen LogP contribution is -2.53. The molecule has 1 rings (SSSR count). The van der Waals surface area contributed by atoms with Crippen LogP contribution in [0.3, 0.4) is 0 Å². The highest BCUT2D eigenvalue weighted by Crippen LogP contribution is 2.25. The molecule has 0 heterocycles. The first kappa shape index (κ1) is 15.8. The molecule has 1 aromatic carbocycles. The molecule has 0 fully saturated rings. The molecular formula is C14H19NO5. The number of ether oxygens (including phenoxy) is 2. The van der Waals surface area contributed by atoms with Crippen molar-refractivity contribution in [3.8, 4) is 11.5 Å². The molecule has 0 saturated carbocycles. The Balaban J connectivity index is 2.62. The Morgan fingerprint density at radius 3 is 2.40 bits per heavy atom. The molecule has 1 atom stereocenters. The first-order valence-corrected chi connectivity index (χ1v) is 6.23. The summed E-state index contributed by atoms with van der Waals surface area (Å²) in [6, 6.07) is 6.91. The Labute approximate surface area is 117 Å². The van der Waals surface area contributed by atoms with Gasteiger partial charge in [0.1, 0.15) is 5.54 Å². The maximum Gasteiger partial charge on any atom is 0.329 e. The highest BCUT2D eigenvalue weighted by atomic mass is 16.5. The smallest absolute Gasteiger partial charge is 0.329 e. The number of methoxy groups -OCH3 is 1. The summed E-state index contributed by atoms with van der Waals surface area (Å²) in [5.41, 5.74) is -1.29. The predicted molar refractivity (Wildman–Crippen MR) is 73.0 cm³/mol. The number of aliphatic carboxylic acids is 1. The molecule has 2 N–H and O–H groups in total. The van der Waals surface area contributed by atoms with Gasteiger partial charge in [-0.15, -0.1) is 0 Å². The fourth-order valence-corrected chi connectivity index (χ4v) is 1.52. The summed E-state index contributed by atoms with van der Waals surface area (Å²) in [6.07, 6.45) is 0.280. The van der Waals surface area contributed by atoms with E-state index in [1.165, 1.54) is 14.0 Å². The standard InChI is InChI=1S/C14H19NO5/c1-4-14(2,13(17)18)15-12(16)9-20-11-8-6-5-7-10(11)19-3/h5-8H,4,9H2,1-3H3,(H,15,16)(H,17,18). The Bertz CT molecular complexity index is 488. The van der Waals surface area contributed by atoms with Gasteiger partial charge in [0.05, 0.1) is 7.11 Å². The average Bonchev–Trinajstić information content (AvgIpc) is 2.45. The molecule has 0 bridgehead atoms. The van der Waals surface area contributed by atoms with Gasteiger partial charge in [0.2, 0.25) is 0 Å². The maximum absolute atomic E-state index is 11.8. The Morgan fingerprint density at radius 2 is 1.90 bits per heavy atom. The van der Waals surface area contributed by atoms with Gasteiger partial charge in [0.15, 0.2) is 18.1 Å². The molecule has 110 valence electrons. The zero-order valence-electron chi connectivity index (χ0n) is 11.8. The highest BCUT2D eigenvalue weighted by molar-refractivity contribution is 5.87. The van der Waals surface area contributed by atoms with Gasteiger partial charge in [0, 0.05) is 0 Å². The van der Waals surface area contributed by atoms with Crippen molar-refractivity contribution < 1.29 is 24.2 Å². The summed E-state index contributed by atoms with van der Waals surface area (Å²) in [5.74, 6) is -0.635. The third-order valence-electron chi connectivity index (χ3n) is 3.02. The van der Waals surface area contributed by atoms with Crippen LogP contribution in [0.25, 0.3) is 0 Å². The average molecular weight is 281 g/mol. The molecule has 1 amide bonds. The number of hydrogen-bond donors (Lipinski definition) is 2. The quantitative estimate of drug-likeness (QED) is 0.790. The molecule has 0 aliphatic carbocycles. The number of nitrogens with one attached hydrogen (secondary N) is 1. The largest absolute Gasteiger partial charge is 0.493 e. The van der Waals surface area contributed by atoms with Crippen LogP contribution < -0.4 is 14.8 Å².